The summed E-state index contributed by atoms with van der Waals surface area (Å²) in [6, 6.07) is 0. The zero-order valence-electron chi connectivity index (χ0n) is 11.4. The Bertz CT molecular complexity index is 349. The maximum Gasteiger partial charge on any atom is 0.0615 e. The van der Waals surface area contributed by atoms with Crippen molar-refractivity contribution in [2.24, 2.45) is 23.2 Å². The lowest BCUT2D eigenvalue weighted by Crippen LogP contribution is -2.44. The molecule has 0 amide bonds. The van der Waals surface area contributed by atoms with Gasteiger partial charge in [-0.3, -0.25) is 0 Å². The first-order valence-corrected chi connectivity index (χ1v) is 7.62. The van der Waals surface area contributed by atoms with Gasteiger partial charge >= 0.3 is 0 Å². The van der Waals surface area contributed by atoms with Gasteiger partial charge in [0.2, 0.25) is 0 Å². The zero-order valence-corrected chi connectivity index (χ0v) is 11.4. The molecular weight excluding hydrogens is 224 g/mol. The highest BCUT2D eigenvalue weighted by Gasteiger charge is 2.53. The molecule has 0 aromatic rings. The van der Waals surface area contributed by atoms with Crippen molar-refractivity contribution < 1.29 is 10.2 Å². The number of allylic oxidation sites excluding steroid dienone is 1. The normalized spacial score (nSPS) is 50.1. The van der Waals surface area contributed by atoms with Crippen LogP contribution in [-0.4, -0.2) is 22.9 Å². The van der Waals surface area contributed by atoms with E-state index in [1.807, 2.05) is 6.08 Å². The van der Waals surface area contributed by atoms with Crippen LogP contribution >= 0.6 is 0 Å². The van der Waals surface area contributed by atoms with Gasteiger partial charge in [0.1, 0.15) is 0 Å². The maximum absolute atomic E-state index is 10.3. The van der Waals surface area contributed by atoms with Crippen molar-refractivity contribution in [1.29, 1.82) is 0 Å². The summed E-state index contributed by atoms with van der Waals surface area (Å²) in [6.07, 6.45) is 10.3. The van der Waals surface area contributed by atoms with Crippen molar-refractivity contribution in [2.45, 2.75) is 58.0 Å². The monoisotopic (exact) mass is 250 g/mol. The maximum atomic E-state index is 10.3. The van der Waals surface area contributed by atoms with Crippen molar-refractivity contribution in [1.82, 2.24) is 0 Å². The minimum absolute atomic E-state index is 0.0576. The second-order valence-corrected chi connectivity index (χ2v) is 6.96. The van der Waals surface area contributed by atoms with Crippen LogP contribution in [0, 0.1) is 23.2 Å². The predicted octanol–water partition coefficient (Wildman–Crippen LogP) is 2.89. The molecular formula is C16H26O2. The lowest BCUT2D eigenvalue weighted by Gasteiger charge is -2.50. The highest BCUT2D eigenvalue weighted by atomic mass is 16.3. The van der Waals surface area contributed by atoms with Gasteiger partial charge in [0.15, 0.2) is 0 Å². The molecule has 0 aliphatic heterocycles. The number of rotatable bonds is 1. The van der Waals surface area contributed by atoms with Gasteiger partial charge < -0.3 is 10.2 Å². The molecule has 3 saturated carbocycles. The number of hydrogen-bond donors (Lipinski definition) is 2. The minimum atomic E-state index is -0.0576. The third-order valence-electron chi connectivity index (χ3n) is 6.24. The van der Waals surface area contributed by atoms with Gasteiger partial charge in [0, 0.05) is 0 Å². The molecule has 2 heteroatoms. The Morgan fingerprint density at radius 3 is 2.89 bits per heavy atom. The minimum Gasteiger partial charge on any atom is -0.393 e. The molecule has 0 aromatic heterocycles. The largest absolute Gasteiger partial charge is 0.393 e. The Morgan fingerprint density at radius 2 is 2.11 bits per heavy atom. The molecule has 0 spiro atoms. The molecule has 18 heavy (non-hydrogen) atoms. The number of hydrogen-bond acceptors (Lipinski definition) is 2. The quantitative estimate of drug-likeness (QED) is 0.703. The molecule has 2 N–H and O–H groups in total. The van der Waals surface area contributed by atoms with Crippen LogP contribution in [0.15, 0.2) is 11.6 Å². The summed E-state index contributed by atoms with van der Waals surface area (Å²) in [4.78, 5) is 0. The van der Waals surface area contributed by atoms with E-state index >= 15 is 0 Å². The van der Waals surface area contributed by atoms with E-state index in [9.17, 15) is 5.11 Å². The van der Waals surface area contributed by atoms with Crippen LogP contribution in [0.3, 0.4) is 0 Å². The van der Waals surface area contributed by atoms with Crippen molar-refractivity contribution in [3.05, 3.63) is 11.6 Å². The van der Waals surface area contributed by atoms with Crippen molar-refractivity contribution in [2.75, 3.05) is 6.61 Å². The zero-order chi connectivity index (χ0) is 12.8. The summed E-state index contributed by atoms with van der Waals surface area (Å²) < 4.78 is 0. The van der Waals surface area contributed by atoms with Gasteiger partial charge in [0.05, 0.1) is 12.7 Å². The summed E-state index contributed by atoms with van der Waals surface area (Å²) in [5.74, 6) is 2.40. The molecule has 3 rings (SSSR count). The average molecular weight is 250 g/mol. The molecule has 0 radical (unpaired) electrons. The van der Waals surface area contributed by atoms with Gasteiger partial charge in [-0.25, -0.2) is 0 Å². The van der Waals surface area contributed by atoms with Gasteiger partial charge in [-0.2, -0.15) is 0 Å². The van der Waals surface area contributed by atoms with Crippen molar-refractivity contribution >= 4 is 0 Å². The lowest BCUT2D eigenvalue weighted by molar-refractivity contribution is -0.0395. The number of fused-ring (bicyclic) bond motifs is 3. The fourth-order valence-electron chi connectivity index (χ4n) is 5.13. The summed E-state index contributed by atoms with van der Waals surface area (Å²) >= 11 is 0. The standard InChI is InChI=1S/C16H26O2/c1-16-8-6-12-10-11(7-9-17)2-3-13(12)14(16)4-5-15(16)18/h7,12-15,17-18H,2-6,8-10H2,1H3/t12-,13-,14+,15+,16+/m1/s1. The first kappa shape index (κ1) is 12.7. The van der Waals surface area contributed by atoms with Gasteiger partial charge in [0.25, 0.3) is 0 Å². The van der Waals surface area contributed by atoms with E-state index in [0.717, 1.165) is 24.2 Å². The summed E-state index contributed by atoms with van der Waals surface area (Å²) in [7, 11) is 0. The fourth-order valence-corrected chi connectivity index (χ4v) is 5.13. The molecule has 3 aliphatic rings. The van der Waals surface area contributed by atoms with Crippen LogP contribution < -0.4 is 0 Å². The molecule has 0 saturated heterocycles. The third-order valence-corrected chi connectivity index (χ3v) is 6.24. The Morgan fingerprint density at radius 1 is 1.28 bits per heavy atom. The Balaban J connectivity index is 1.77. The van der Waals surface area contributed by atoms with Crippen molar-refractivity contribution in [3.8, 4) is 0 Å². The van der Waals surface area contributed by atoms with E-state index in [1.165, 1.54) is 44.1 Å². The SMILES string of the molecule is C[C@]12CC[C@@H]3CC(=CCO)CC[C@H]3[C@@H]1CC[C@@H]2O. The van der Waals surface area contributed by atoms with E-state index in [-0.39, 0.29) is 18.1 Å². The van der Waals surface area contributed by atoms with Crippen LogP contribution in [0.5, 0.6) is 0 Å². The second kappa shape index (κ2) is 4.64. The Kier molecular flexibility index (Phi) is 3.27. The average Bonchev–Trinajstić information content (AvgIpc) is 2.67. The van der Waals surface area contributed by atoms with Crippen LogP contribution in [0.25, 0.3) is 0 Å². The summed E-state index contributed by atoms with van der Waals surface area (Å²) in [5.41, 5.74) is 1.68. The highest BCUT2D eigenvalue weighted by molar-refractivity contribution is 5.12. The van der Waals surface area contributed by atoms with E-state index in [2.05, 4.69) is 6.92 Å². The van der Waals surface area contributed by atoms with E-state index in [1.54, 1.807) is 0 Å². The molecule has 5 atom stereocenters. The predicted molar refractivity (Wildman–Crippen MR) is 72.1 cm³/mol. The summed E-state index contributed by atoms with van der Waals surface area (Å²) in [5, 5.41) is 19.3. The first-order valence-electron chi connectivity index (χ1n) is 7.62. The number of aliphatic hydroxyl groups is 2. The van der Waals surface area contributed by atoms with Crippen LogP contribution in [0.2, 0.25) is 0 Å². The number of aliphatic hydroxyl groups excluding tert-OH is 2. The Hall–Kier alpha value is -0.340. The van der Waals surface area contributed by atoms with Gasteiger partial charge in [-0.15, -0.1) is 0 Å². The molecule has 0 bridgehead atoms. The Labute approximate surface area is 110 Å². The van der Waals surface area contributed by atoms with Crippen LogP contribution in [0.4, 0.5) is 0 Å². The molecule has 0 unspecified atom stereocenters. The van der Waals surface area contributed by atoms with E-state index in [4.69, 9.17) is 5.11 Å². The van der Waals surface area contributed by atoms with E-state index in [0.29, 0.717) is 0 Å². The molecule has 102 valence electrons. The molecule has 3 aliphatic carbocycles. The van der Waals surface area contributed by atoms with Crippen molar-refractivity contribution in [3.63, 3.8) is 0 Å². The molecule has 2 nitrogen and oxygen atoms in total. The van der Waals surface area contributed by atoms with Crippen LogP contribution in [-0.2, 0) is 0 Å². The smallest absolute Gasteiger partial charge is 0.0615 e. The van der Waals surface area contributed by atoms with E-state index < -0.39 is 0 Å². The fraction of sp³-hybridized carbons (Fsp3) is 0.875. The third kappa shape index (κ3) is 1.85. The molecule has 0 heterocycles. The second-order valence-electron chi connectivity index (χ2n) is 6.96. The molecule has 3 fully saturated rings. The van der Waals surface area contributed by atoms with Gasteiger partial charge in [-0.1, -0.05) is 18.6 Å². The molecule has 0 aromatic carbocycles. The first-order chi connectivity index (χ1) is 8.65. The summed E-state index contributed by atoms with van der Waals surface area (Å²) in [6.45, 7) is 2.53. The van der Waals surface area contributed by atoms with Crippen LogP contribution in [0.1, 0.15) is 51.9 Å². The highest BCUT2D eigenvalue weighted by Crippen LogP contribution is 2.59. The lowest BCUT2D eigenvalue weighted by atomic mass is 9.56. The van der Waals surface area contributed by atoms with Gasteiger partial charge in [-0.05, 0) is 68.1 Å². The topological polar surface area (TPSA) is 40.5 Å².